The largest absolute Gasteiger partial charge is 0.399 e. The van der Waals surface area contributed by atoms with Gasteiger partial charge in [0.25, 0.3) is 0 Å². The molecule has 0 saturated heterocycles. The first-order chi connectivity index (χ1) is 10.8. The number of hydrogen-bond acceptors (Lipinski definition) is 4. The molecule has 0 aromatic carbocycles. The molecule has 22 heavy (non-hydrogen) atoms. The second kappa shape index (κ2) is 5.00. The van der Waals surface area contributed by atoms with Crippen LogP contribution in [-0.4, -0.2) is 32.8 Å². The summed E-state index contributed by atoms with van der Waals surface area (Å²) in [5, 5.41) is 6.21. The minimum Gasteiger partial charge on any atom is -0.399 e. The number of aromatic nitrogens is 4. The normalized spacial score (nSPS) is 11.0. The van der Waals surface area contributed by atoms with E-state index in [-0.39, 0.29) is 0 Å². The molecule has 4 heterocycles. The van der Waals surface area contributed by atoms with Crippen LogP contribution < -0.4 is 0 Å². The lowest BCUT2D eigenvalue weighted by Crippen LogP contribution is -2.05. The molecule has 0 bridgehead atoms. The third kappa shape index (κ3) is 2.01. The number of hydrogen-bond donors (Lipinski definition) is 2. The molecule has 0 aliphatic heterocycles. The van der Waals surface area contributed by atoms with E-state index in [0.717, 1.165) is 33.2 Å². The molecule has 0 unspecified atom stereocenters. The minimum atomic E-state index is 0.703. The number of nitrogens with zero attached hydrogens (tertiary/aromatic N) is 3. The van der Waals surface area contributed by atoms with Crippen molar-refractivity contribution in [2.45, 2.75) is 0 Å². The van der Waals surface area contributed by atoms with Gasteiger partial charge in [0.05, 0.1) is 0 Å². The lowest BCUT2D eigenvalue weighted by Gasteiger charge is -2.06. The molecule has 0 fully saturated rings. The van der Waals surface area contributed by atoms with Crippen LogP contribution in [0.15, 0.2) is 54.2 Å². The summed E-state index contributed by atoms with van der Waals surface area (Å²) >= 11 is 0. The summed E-state index contributed by atoms with van der Waals surface area (Å²) in [6.45, 7) is 0. The maximum absolute atomic E-state index is 5.02. The maximum atomic E-state index is 5.02. The van der Waals surface area contributed by atoms with Crippen LogP contribution in [0.1, 0.15) is 11.1 Å². The average molecular weight is 291 g/mol. The highest BCUT2D eigenvalue weighted by atomic mass is 16.6. The standard InChI is InChI=1S/C16H13N5O/c1-22-21-14(12-6-10-2-4-17-15(10)19-8-12)13-7-11-3-5-18-16(11)20-9-13/h2-9H,1H3,(H,17,19)(H,18,20). The van der Waals surface area contributed by atoms with E-state index >= 15 is 0 Å². The topological polar surface area (TPSA) is 79.0 Å². The van der Waals surface area contributed by atoms with Crippen molar-refractivity contribution in [1.29, 1.82) is 0 Å². The molecule has 4 aromatic heterocycles. The van der Waals surface area contributed by atoms with E-state index in [9.17, 15) is 0 Å². The summed E-state index contributed by atoms with van der Waals surface area (Å²) < 4.78 is 0. The fraction of sp³-hybridized carbons (Fsp3) is 0.0625. The van der Waals surface area contributed by atoms with E-state index in [1.165, 1.54) is 7.11 Å². The Balaban J connectivity index is 1.87. The zero-order chi connectivity index (χ0) is 14.9. The molecule has 0 spiro atoms. The number of H-pyrrole nitrogens is 2. The van der Waals surface area contributed by atoms with Gasteiger partial charge in [-0.05, 0) is 24.3 Å². The van der Waals surface area contributed by atoms with Gasteiger partial charge in [0.2, 0.25) is 0 Å². The van der Waals surface area contributed by atoms with Gasteiger partial charge < -0.3 is 14.8 Å². The Hall–Kier alpha value is -3.15. The molecule has 0 amide bonds. The molecule has 0 aliphatic rings. The van der Waals surface area contributed by atoms with Crippen molar-refractivity contribution in [3.63, 3.8) is 0 Å². The highest BCUT2D eigenvalue weighted by Crippen LogP contribution is 2.18. The van der Waals surface area contributed by atoms with E-state index in [2.05, 4.69) is 25.1 Å². The first kappa shape index (κ1) is 12.6. The number of oxime groups is 1. The minimum absolute atomic E-state index is 0.703. The summed E-state index contributed by atoms with van der Waals surface area (Å²) in [6.07, 6.45) is 7.28. The van der Waals surface area contributed by atoms with Gasteiger partial charge in [0.1, 0.15) is 24.1 Å². The van der Waals surface area contributed by atoms with Gasteiger partial charge in [0.15, 0.2) is 0 Å². The van der Waals surface area contributed by atoms with Gasteiger partial charge in [-0.15, -0.1) is 0 Å². The summed E-state index contributed by atoms with van der Waals surface area (Å²) in [6, 6.07) is 8.00. The Kier molecular flexibility index (Phi) is 2.86. The Labute approximate surface area is 125 Å². The lowest BCUT2D eigenvalue weighted by atomic mass is 10.0. The Morgan fingerprint density at radius 2 is 1.50 bits per heavy atom. The quantitative estimate of drug-likeness (QED) is 0.450. The smallest absolute Gasteiger partial charge is 0.137 e. The Morgan fingerprint density at radius 1 is 0.955 bits per heavy atom. The molecular weight excluding hydrogens is 278 g/mol. The second-order valence-corrected chi connectivity index (χ2v) is 4.90. The monoisotopic (exact) mass is 291 g/mol. The first-order valence-electron chi connectivity index (χ1n) is 6.83. The average Bonchev–Trinajstić information content (AvgIpc) is 3.19. The van der Waals surface area contributed by atoms with Gasteiger partial charge in [-0.2, -0.15) is 0 Å². The number of fused-ring (bicyclic) bond motifs is 2. The van der Waals surface area contributed by atoms with Crippen molar-refractivity contribution in [2.75, 3.05) is 7.11 Å². The fourth-order valence-electron chi connectivity index (χ4n) is 2.50. The van der Waals surface area contributed by atoms with Crippen molar-refractivity contribution in [3.8, 4) is 0 Å². The van der Waals surface area contributed by atoms with Crippen LogP contribution in [0.5, 0.6) is 0 Å². The second-order valence-electron chi connectivity index (χ2n) is 4.90. The van der Waals surface area contributed by atoms with E-state index in [4.69, 9.17) is 4.84 Å². The van der Waals surface area contributed by atoms with Crippen molar-refractivity contribution >= 4 is 27.8 Å². The fourth-order valence-corrected chi connectivity index (χ4v) is 2.50. The van der Waals surface area contributed by atoms with Gasteiger partial charge in [-0.1, -0.05) is 5.16 Å². The van der Waals surface area contributed by atoms with Crippen molar-refractivity contribution in [1.82, 2.24) is 19.9 Å². The highest BCUT2D eigenvalue weighted by molar-refractivity contribution is 6.14. The summed E-state index contributed by atoms with van der Waals surface area (Å²) in [4.78, 5) is 20.0. The third-order valence-electron chi connectivity index (χ3n) is 3.53. The molecule has 0 saturated carbocycles. The third-order valence-corrected chi connectivity index (χ3v) is 3.53. The van der Waals surface area contributed by atoms with Crippen LogP contribution in [0, 0.1) is 0 Å². The molecule has 2 N–H and O–H groups in total. The summed E-state index contributed by atoms with van der Waals surface area (Å²) in [5.74, 6) is 0. The molecule has 6 nitrogen and oxygen atoms in total. The number of aromatic amines is 2. The number of pyridine rings is 2. The Morgan fingerprint density at radius 3 is 2.00 bits per heavy atom. The van der Waals surface area contributed by atoms with Gasteiger partial charge in [-0.3, -0.25) is 0 Å². The predicted octanol–water partition coefficient (Wildman–Crippen LogP) is 2.84. The number of nitrogens with one attached hydrogen (secondary N) is 2. The zero-order valence-electron chi connectivity index (χ0n) is 11.9. The van der Waals surface area contributed by atoms with Crippen LogP contribution in [0.2, 0.25) is 0 Å². The Bertz CT molecular complexity index is 906. The van der Waals surface area contributed by atoms with Crippen LogP contribution in [0.25, 0.3) is 22.1 Å². The molecule has 0 atom stereocenters. The predicted molar refractivity (Wildman–Crippen MR) is 84.8 cm³/mol. The van der Waals surface area contributed by atoms with E-state index in [1.54, 1.807) is 12.4 Å². The van der Waals surface area contributed by atoms with E-state index in [1.807, 2.05) is 36.7 Å². The SMILES string of the molecule is CON=C(c1cnc2[nH]ccc2c1)c1cnc2[nH]ccc2c1. The van der Waals surface area contributed by atoms with Crippen molar-refractivity contribution in [2.24, 2.45) is 5.16 Å². The number of rotatable bonds is 3. The highest BCUT2D eigenvalue weighted by Gasteiger charge is 2.12. The summed E-state index contributed by atoms with van der Waals surface area (Å²) in [5.41, 5.74) is 4.16. The van der Waals surface area contributed by atoms with E-state index < -0.39 is 0 Å². The van der Waals surface area contributed by atoms with E-state index in [0.29, 0.717) is 5.71 Å². The molecule has 0 radical (unpaired) electrons. The lowest BCUT2D eigenvalue weighted by molar-refractivity contribution is 0.214. The molecule has 4 rings (SSSR count). The van der Waals surface area contributed by atoms with Crippen LogP contribution >= 0.6 is 0 Å². The van der Waals surface area contributed by atoms with Gasteiger partial charge >= 0.3 is 0 Å². The van der Waals surface area contributed by atoms with Crippen LogP contribution in [0.3, 0.4) is 0 Å². The van der Waals surface area contributed by atoms with Crippen molar-refractivity contribution < 1.29 is 4.84 Å². The molecule has 108 valence electrons. The maximum Gasteiger partial charge on any atom is 0.137 e. The van der Waals surface area contributed by atoms with Crippen molar-refractivity contribution in [3.05, 3.63) is 60.2 Å². The van der Waals surface area contributed by atoms with Crippen LogP contribution in [0.4, 0.5) is 0 Å². The summed E-state index contributed by atoms with van der Waals surface area (Å²) in [7, 11) is 1.53. The van der Waals surface area contributed by atoms with Crippen LogP contribution in [-0.2, 0) is 4.84 Å². The first-order valence-corrected chi connectivity index (χ1v) is 6.83. The molecular formula is C16H13N5O. The van der Waals surface area contributed by atoms with Gasteiger partial charge in [-0.25, -0.2) is 9.97 Å². The molecule has 0 aliphatic carbocycles. The molecule has 4 aromatic rings. The molecule has 6 heteroatoms. The van der Waals surface area contributed by atoms with Gasteiger partial charge in [0, 0.05) is 46.7 Å². The zero-order valence-corrected chi connectivity index (χ0v) is 11.9.